The molecule has 0 aromatic heterocycles. The molecule has 7 rings (SSSR count). The standard InChI is InChI=1S/C44H38O2/c1-43(2,37-20-22-41(45)39(27-37)33-18-16-29-10-5-7-12-31(29)24-33)35-14-9-15-36(26-35)44(3,4)38-21-23-42(46)40(28-38)34-19-17-30-11-6-8-13-32(30)25-34/h5-28,45-46H,1-4H3. The molecule has 7 aromatic carbocycles. The number of fused-ring (bicyclic) bond motifs is 2. The van der Waals surface area contributed by atoms with Crippen LogP contribution in [-0.4, -0.2) is 10.2 Å². The Balaban J connectivity index is 1.24. The van der Waals surface area contributed by atoms with Crippen LogP contribution in [0.1, 0.15) is 49.9 Å². The van der Waals surface area contributed by atoms with E-state index in [2.05, 4.69) is 125 Å². The van der Waals surface area contributed by atoms with Gasteiger partial charge in [0.05, 0.1) is 0 Å². The first kappa shape index (κ1) is 29.4. The monoisotopic (exact) mass is 598 g/mol. The molecule has 2 N–H and O–H groups in total. The first-order valence-corrected chi connectivity index (χ1v) is 15.9. The molecule has 0 aliphatic heterocycles. The van der Waals surface area contributed by atoms with Crippen LogP contribution in [0.4, 0.5) is 0 Å². The number of aromatic hydroxyl groups is 2. The first-order chi connectivity index (χ1) is 22.1. The molecule has 0 fully saturated rings. The van der Waals surface area contributed by atoms with Gasteiger partial charge in [-0.2, -0.15) is 0 Å². The lowest BCUT2D eigenvalue weighted by Crippen LogP contribution is -2.23. The van der Waals surface area contributed by atoms with Gasteiger partial charge < -0.3 is 10.2 Å². The molecule has 0 aliphatic carbocycles. The van der Waals surface area contributed by atoms with E-state index in [0.717, 1.165) is 44.2 Å². The minimum Gasteiger partial charge on any atom is -0.507 e. The molecular formula is C44H38O2. The van der Waals surface area contributed by atoms with E-state index in [4.69, 9.17) is 0 Å². The maximum Gasteiger partial charge on any atom is 0.123 e. The van der Waals surface area contributed by atoms with Crippen molar-refractivity contribution in [2.45, 2.75) is 38.5 Å². The third-order valence-electron chi connectivity index (χ3n) is 9.86. The zero-order chi connectivity index (χ0) is 32.1. The maximum absolute atomic E-state index is 10.9. The normalized spacial score (nSPS) is 12.1. The van der Waals surface area contributed by atoms with E-state index >= 15 is 0 Å². The molecule has 0 atom stereocenters. The SMILES string of the molecule is CC(C)(c1cccc(C(C)(C)c2ccc(O)c(-c3ccc4ccccc4c3)c2)c1)c1ccc(O)c(-c2ccc3ccccc3c2)c1. The van der Waals surface area contributed by atoms with E-state index in [1.165, 1.54) is 21.9 Å². The zero-order valence-electron chi connectivity index (χ0n) is 26.8. The smallest absolute Gasteiger partial charge is 0.123 e. The summed E-state index contributed by atoms with van der Waals surface area (Å²) in [6.07, 6.45) is 0. The number of phenols is 2. The van der Waals surface area contributed by atoms with E-state index in [9.17, 15) is 10.2 Å². The lowest BCUT2D eigenvalue weighted by atomic mass is 9.72. The van der Waals surface area contributed by atoms with Crippen molar-refractivity contribution < 1.29 is 10.2 Å². The predicted octanol–water partition coefficient (Wildman–Crippen LogP) is 11.4. The Labute approximate surface area is 271 Å². The third-order valence-corrected chi connectivity index (χ3v) is 9.86. The summed E-state index contributed by atoms with van der Waals surface area (Å²) in [6.45, 7) is 8.98. The second-order valence-electron chi connectivity index (χ2n) is 13.4. The van der Waals surface area contributed by atoms with Crippen molar-refractivity contribution in [2.24, 2.45) is 0 Å². The molecule has 0 saturated carbocycles. The quantitative estimate of drug-likeness (QED) is 0.200. The number of phenolic OH excluding ortho intramolecular Hbond substituents is 2. The van der Waals surface area contributed by atoms with Crippen LogP contribution in [0, 0.1) is 0 Å². The topological polar surface area (TPSA) is 40.5 Å². The summed E-state index contributed by atoms with van der Waals surface area (Å²) < 4.78 is 0. The summed E-state index contributed by atoms with van der Waals surface area (Å²) in [7, 11) is 0. The lowest BCUT2D eigenvalue weighted by Gasteiger charge is -2.31. The van der Waals surface area contributed by atoms with Crippen molar-refractivity contribution in [1.82, 2.24) is 0 Å². The van der Waals surface area contributed by atoms with Crippen molar-refractivity contribution in [3.8, 4) is 33.8 Å². The molecule has 2 heteroatoms. The van der Waals surface area contributed by atoms with Gasteiger partial charge in [-0.3, -0.25) is 0 Å². The van der Waals surface area contributed by atoms with Crippen LogP contribution in [-0.2, 0) is 10.8 Å². The largest absolute Gasteiger partial charge is 0.507 e. The Morgan fingerprint density at radius 3 is 1.17 bits per heavy atom. The van der Waals surface area contributed by atoms with E-state index < -0.39 is 0 Å². The van der Waals surface area contributed by atoms with Gasteiger partial charge in [-0.05, 0) is 91.3 Å². The number of hydrogen-bond acceptors (Lipinski definition) is 2. The minimum atomic E-state index is -0.323. The fourth-order valence-electron chi connectivity index (χ4n) is 6.66. The Kier molecular flexibility index (Phi) is 7.17. The molecule has 226 valence electrons. The highest BCUT2D eigenvalue weighted by Crippen LogP contribution is 2.42. The Morgan fingerprint density at radius 1 is 0.348 bits per heavy atom. The van der Waals surface area contributed by atoms with Gasteiger partial charge in [0.2, 0.25) is 0 Å². The molecule has 0 amide bonds. The van der Waals surface area contributed by atoms with Crippen molar-refractivity contribution in [2.75, 3.05) is 0 Å². The Bertz CT molecular complexity index is 2080. The van der Waals surface area contributed by atoms with Gasteiger partial charge in [-0.25, -0.2) is 0 Å². The summed E-state index contributed by atoms with van der Waals surface area (Å²) in [4.78, 5) is 0. The van der Waals surface area contributed by atoms with Gasteiger partial charge in [-0.1, -0.05) is 137 Å². The lowest BCUT2D eigenvalue weighted by molar-refractivity contribution is 0.476. The second-order valence-corrected chi connectivity index (χ2v) is 13.4. The fourth-order valence-corrected chi connectivity index (χ4v) is 6.66. The second kappa shape index (κ2) is 11.2. The average Bonchev–Trinajstić information content (AvgIpc) is 3.08. The van der Waals surface area contributed by atoms with Crippen molar-refractivity contribution in [3.05, 3.63) is 168 Å². The molecule has 0 aliphatic rings. The van der Waals surface area contributed by atoms with Crippen LogP contribution < -0.4 is 0 Å². The molecule has 0 spiro atoms. The summed E-state index contributed by atoms with van der Waals surface area (Å²) in [5.41, 5.74) is 7.67. The Hall–Kier alpha value is -5.34. The van der Waals surface area contributed by atoms with Crippen LogP contribution in [0.15, 0.2) is 146 Å². The van der Waals surface area contributed by atoms with Crippen molar-refractivity contribution in [3.63, 3.8) is 0 Å². The van der Waals surface area contributed by atoms with E-state index in [-0.39, 0.29) is 22.3 Å². The van der Waals surface area contributed by atoms with Gasteiger partial charge in [-0.15, -0.1) is 0 Å². The molecule has 0 bridgehead atoms. The van der Waals surface area contributed by atoms with Gasteiger partial charge in [0.1, 0.15) is 11.5 Å². The van der Waals surface area contributed by atoms with Gasteiger partial charge in [0, 0.05) is 22.0 Å². The van der Waals surface area contributed by atoms with Crippen LogP contribution in [0.5, 0.6) is 11.5 Å². The van der Waals surface area contributed by atoms with Crippen LogP contribution in [0.3, 0.4) is 0 Å². The average molecular weight is 599 g/mol. The molecule has 7 aromatic rings. The van der Waals surface area contributed by atoms with E-state index in [1.54, 1.807) is 0 Å². The van der Waals surface area contributed by atoms with Gasteiger partial charge >= 0.3 is 0 Å². The summed E-state index contributed by atoms with van der Waals surface area (Å²) in [5.74, 6) is 0.554. The number of benzene rings is 7. The first-order valence-electron chi connectivity index (χ1n) is 15.9. The van der Waals surface area contributed by atoms with Crippen LogP contribution in [0.2, 0.25) is 0 Å². The highest BCUT2D eigenvalue weighted by Gasteiger charge is 2.29. The predicted molar refractivity (Wildman–Crippen MR) is 193 cm³/mol. The molecule has 2 nitrogen and oxygen atoms in total. The molecule has 0 unspecified atom stereocenters. The van der Waals surface area contributed by atoms with Gasteiger partial charge in [0.15, 0.2) is 0 Å². The number of hydrogen-bond donors (Lipinski definition) is 2. The zero-order valence-corrected chi connectivity index (χ0v) is 26.8. The van der Waals surface area contributed by atoms with Crippen LogP contribution >= 0.6 is 0 Å². The maximum atomic E-state index is 10.9. The summed E-state index contributed by atoms with van der Waals surface area (Å²) in [6, 6.07) is 50.1. The highest BCUT2D eigenvalue weighted by atomic mass is 16.3. The fraction of sp³-hybridized carbons (Fsp3) is 0.136. The van der Waals surface area contributed by atoms with Gasteiger partial charge in [0.25, 0.3) is 0 Å². The summed E-state index contributed by atoms with van der Waals surface area (Å²) >= 11 is 0. The molecule has 0 radical (unpaired) electrons. The summed E-state index contributed by atoms with van der Waals surface area (Å²) in [5, 5.41) is 26.5. The van der Waals surface area contributed by atoms with E-state index in [1.807, 2.05) is 48.5 Å². The Morgan fingerprint density at radius 2 is 0.739 bits per heavy atom. The van der Waals surface area contributed by atoms with Crippen LogP contribution in [0.25, 0.3) is 43.8 Å². The molecular weight excluding hydrogens is 560 g/mol. The van der Waals surface area contributed by atoms with E-state index in [0.29, 0.717) is 0 Å². The third kappa shape index (κ3) is 5.20. The highest BCUT2D eigenvalue weighted by molar-refractivity contribution is 5.89. The molecule has 0 heterocycles. The number of rotatable bonds is 6. The van der Waals surface area contributed by atoms with Crippen molar-refractivity contribution >= 4 is 21.5 Å². The van der Waals surface area contributed by atoms with Crippen molar-refractivity contribution in [1.29, 1.82) is 0 Å². The molecule has 46 heavy (non-hydrogen) atoms. The minimum absolute atomic E-state index is 0.277. The molecule has 0 saturated heterocycles.